The van der Waals surface area contributed by atoms with E-state index in [2.05, 4.69) is 10.4 Å². The zero-order valence-electron chi connectivity index (χ0n) is 7.00. The second-order valence-electron chi connectivity index (χ2n) is 2.93. The fourth-order valence-corrected chi connectivity index (χ4v) is 1.50. The van der Waals surface area contributed by atoms with Crippen LogP contribution in [-0.4, -0.2) is 22.7 Å². The van der Waals surface area contributed by atoms with E-state index in [1.807, 2.05) is 10.7 Å². The predicted molar refractivity (Wildman–Crippen MR) is 43.9 cm³/mol. The van der Waals surface area contributed by atoms with Gasteiger partial charge in [0.2, 0.25) is 0 Å². The molecular formula is C8H11N3O. The molecule has 1 aliphatic rings. The van der Waals surface area contributed by atoms with Gasteiger partial charge in [0.25, 0.3) is 5.91 Å². The summed E-state index contributed by atoms with van der Waals surface area (Å²) in [6.45, 7) is 0.951. The van der Waals surface area contributed by atoms with Crippen molar-refractivity contribution in [2.75, 3.05) is 7.05 Å². The highest BCUT2D eigenvalue weighted by molar-refractivity contribution is 5.92. The van der Waals surface area contributed by atoms with Crippen LogP contribution in [0.1, 0.15) is 22.6 Å². The molecule has 4 heteroatoms. The maximum atomic E-state index is 11.1. The predicted octanol–water partition coefficient (Wildman–Crippen LogP) is 0.189. The molecule has 0 spiro atoms. The minimum absolute atomic E-state index is 0.100. The van der Waals surface area contributed by atoms with Crippen molar-refractivity contribution in [2.24, 2.45) is 0 Å². The van der Waals surface area contributed by atoms with Crippen LogP contribution in [-0.2, 0) is 13.0 Å². The zero-order valence-corrected chi connectivity index (χ0v) is 7.00. The van der Waals surface area contributed by atoms with Gasteiger partial charge >= 0.3 is 0 Å². The molecule has 1 aliphatic heterocycles. The Labute approximate surface area is 70.6 Å². The number of nitrogens with one attached hydrogen (secondary N) is 1. The summed E-state index contributed by atoms with van der Waals surface area (Å²) in [6, 6.07) is 1.87. The summed E-state index contributed by atoms with van der Waals surface area (Å²) >= 11 is 0. The lowest BCUT2D eigenvalue weighted by molar-refractivity contribution is 0.0957. The van der Waals surface area contributed by atoms with Crippen molar-refractivity contribution in [3.8, 4) is 0 Å². The molecule has 64 valence electrons. The van der Waals surface area contributed by atoms with E-state index < -0.39 is 0 Å². The number of carbonyl (C=O) groups is 1. The van der Waals surface area contributed by atoms with Crippen LogP contribution in [0.4, 0.5) is 0 Å². The third-order valence-corrected chi connectivity index (χ3v) is 2.13. The van der Waals surface area contributed by atoms with E-state index in [4.69, 9.17) is 0 Å². The fraction of sp³-hybridized carbons (Fsp3) is 0.500. The largest absolute Gasteiger partial charge is 0.354 e. The molecule has 0 saturated heterocycles. The molecule has 4 nitrogen and oxygen atoms in total. The van der Waals surface area contributed by atoms with Crippen molar-refractivity contribution < 1.29 is 4.79 Å². The number of hydrogen-bond acceptors (Lipinski definition) is 2. The second-order valence-corrected chi connectivity index (χ2v) is 2.93. The molecule has 1 aromatic rings. The number of aromatic nitrogens is 2. The number of carbonyl (C=O) groups excluding carboxylic acids is 1. The first-order valence-electron chi connectivity index (χ1n) is 4.10. The van der Waals surface area contributed by atoms with E-state index in [1.54, 1.807) is 7.05 Å². The molecule has 0 aliphatic carbocycles. The molecule has 0 saturated carbocycles. The maximum absolute atomic E-state index is 11.1. The zero-order chi connectivity index (χ0) is 8.55. The van der Waals surface area contributed by atoms with Crippen molar-refractivity contribution in [2.45, 2.75) is 19.4 Å². The van der Waals surface area contributed by atoms with Crippen LogP contribution in [0.5, 0.6) is 0 Å². The van der Waals surface area contributed by atoms with Crippen molar-refractivity contribution in [3.05, 3.63) is 17.5 Å². The Morgan fingerprint density at radius 3 is 3.25 bits per heavy atom. The van der Waals surface area contributed by atoms with E-state index in [9.17, 15) is 4.79 Å². The Morgan fingerprint density at radius 2 is 2.58 bits per heavy atom. The van der Waals surface area contributed by atoms with Crippen molar-refractivity contribution in [3.63, 3.8) is 0 Å². The average Bonchev–Trinajstić information content (AvgIpc) is 2.60. The first kappa shape index (κ1) is 7.34. The summed E-state index contributed by atoms with van der Waals surface area (Å²) in [6.07, 6.45) is 2.19. The summed E-state index contributed by atoms with van der Waals surface area (Å²) in [7, 11) is 1.62. The third-order valence-electron chi connectivity index (χ3n) is 2.13. The molecule has 1 aromatic heterocycles. The quantitative estimate of drug-likeness (QED) is 0.645. The molecule has 0 aromatic carbocycles. The van der Waals surface area contributed by atoms with Gasteiger partial charge in [0.15, 0.2) is 0 Å². The monoisotopic (exact) mass is 165 g/mol. The van der Waals surface area contributed by atoms with Crippen LogP contribution in [0.2, 0.25) is 0 Å². The van der Waals surface area contributed by atoms with E-state index >= 15 is 0 Å². The highest BCUT2D eigenvalue weighted by Crippen LogP contribution is 2.14. The van der Waals surface area contributed by atoms with Gasteiger partial charge in [-0.25, -0.2) is 0 Å². The Balaban J connectivity index is 2.31. The molecular weight excluding hydrogens is 154 g/mol. The summed E-state index contributed by atoms with van der Waals surface area (Å²) in [4.78, 5) is 11.1. The highest BCUT2D eigenvalue weighted by atomic mass is 16.1. The molecule has 2 rings (SSSR count). The van der Waals surface area contributed by atoms with Crippen LogP contribution < -0.4 is 5.32 Å². The molecule has 0 radical (unpaired) electrons. The molecule has 0 atom stereocenters. The molecule has 0 fully saturated rings. The van der Waals surface area contributed by atoms with Gasteiger partial charge in [0.05, 0.1) is 0 Å². The standard InChI is InChI=1S/C8H11N3O/c1-9-8(12)7-5-6-3-2-4-11(6)10-7/h5H,2-4H2,1H3,(H,9,12). The Kier molecular flexibility index (Phi) is 1.60. The number of fused-ring (bicyclic) bond motifs is 1. The third kappa shape index (κ3) is 0.995. The minimum Gasteiger partial charge on any atom is -0.354 e. The summed E-state index contributed by atoms with van der Waals surface area (Å²) in [5.41, 5.74) is 1.71. The molecule has 1 amide bonds. The first-order valence-corrected chi connectivity index (χ1v) is 4.10. The van der Waals surface area contributed by atoms with Crippen LogP contribution >= 0.6 is 0 Å². The first-order chi connectivity index (χ1) is 5.81. The number of rotatable bonds is 1. The Morgan fingerprint density at radius 1 is 1.75 bits per heavy atom. The lowest BCUT2D eigenvalue weighted by Crippen LogP contribution is -2.18. The summed E-state index contributed by atoms with van der Waals surface area (Å²) < 4.78 is 1.91. The van der Waals surface area contributed by atoms with Crippen molar-refractivity contribution >= 4 is 5.91 Å². The van der Waals surface area contributed by atoms with E-state index in [0.717, 1.165) is 19.4 Å². The number of aryl methyl sites for hydroxylation is 2. The van der Waals surface area contributed by atoms with Gasteiger partial charge in [-0.15, -0.1) is 0 Å². The molecule has 12 heavy (non-hydrogen) atoms. The maximum Gasteiger partial charge on any atom is 0.271 e. The highest BCUT2D eigenvalue weighted by Gasteiger charge is 2.16. The number of hydrogen-bond donors (Lipinski definition) is 1. The normalized spacial score (nSPS) is 14.4. The van der Waals surface area contributed by atoms with Gasteiger partial charge in [-0.2, -0.15) is 5.10 Å². The van der Waals surface area contributed by atoms with Gasteiger partial charge in [-0.1, -0.05) is 0 Å². The molecule has 2 heterocycles. The SMILES string of the molecule is CNC(=O)c1cc2n(n1)CCC2. The lowest BCUT2D eigenvalue weighted by Gasteiger charge is -1.93. The Hall–Kier alpha value is -1.32. The minimum atomic E-state index is -0.100. The van der Waals surface area contributed by atoms with Gasteiger partial charge < -0.3 is 5.32 Å². The van der Waals surface area contributed by atoms with Gasteiger partial charge in [-0.3, -0.25) is 9.48 Å². The average molecular weight is 165 g/mol. The number of amides is 1. The van der Waals surface area contributed by atoms with E-state index in [-0.39, 0.29) is 5.91 Å². The number of nitrogens with zero attached hydrogens (tertiary/aromatic N) is 2. The molecule has 0 bridgehead atoms. The molecule has 1 N–H and O–H groups in total. The Bertz CT molecular complexity index is 295. The van der Waals surface area contributed by atoms with Gasteiger partial charge in [0.1, 0.15) is 5.69 Å². The summed E-state index contributed by atoms with van der Waals surface area (Å²) in [5, 5.41) is 6.72. The second kappa shape index (κ2) is 2.62. The summed E-state index contributed by atoms with van der Waals surface area (Å²) in [5.74, 6) is -0.100. The van der Waals surface area contributed by atoms with Crippen LogP contribution in [0.15, 0.2) is 6.07 Å². The molecule has 0 unspecified atom stereocenters. The van der Waals surface area contributed by atoms with Crippen LogP contribution in [0.25, 0.3) is 0 Å². The van der Waals surface area contributed by atoms with Crippen molar-refractivity contribution in [1.29, 1.82) is 0 Å². The topological polar surface area (TPSA) is 46.9 Å². The van der Waals surface area contributed by atoms with Crippen molar-refractivity contribution in [1.82, 2.24) is 15.1 Å². The fourth-order valence-electron chi connectivity index (χ4n) is 1.50. The van der Waals surface area contributed by atoms with Crippen LogP contribution in [0, 0.1) is 0 Å². The van der Waals surface area contributed by atoms with E-state index in [0.29, 0.717) is 5.69 Å². The van der Waals surface area contributed by atoms with E-state index in [1.165, 1.54) is 5.69 Å². The van der Waals surface area contributed by atoms with Gasteiger partial charge in [0, 0.05) is 19.3 Å². The van der Waals surface area contributed by atoms with Crippen LogP contribution in [0.3, 0.4) is 0 Å². The lowest BCUT2D eigenvalue weighted by atomic mass is 10.2. The smallest absolute Gasteiger partial charge is 0.271 e. The van der Waals surface area contributed by atoms with Gasteiger partial charge in [-0.05, 0) is 18.9 Å².